The number of hydrogen-bond donors (Lipinski definition) is 0. The first-order valence-corrected chi connectivity index (χ1v) is 7.36. The van der Waals surface area contributed by atoms with Crippen LogP contribution in [0.3, 0.4) is 0 Å². The fourth-order valence-electron chi connectivity index (χ4n) is 2.12. The van der Waals surface area contributed by atoms with Gasteiger partial charge in [0.25, 0.3) is 0 Å². The van der Waals surface area contributed by atoms with E-state index in [-0.39, 0.29) is 0 Å². The Morgan fingerprint density at radius 1 is 1.32 bits per heavy atom. The average Bonchev–Trinajstić information content (AvgIpc) is 2.92. The van der Waals surface area contributed by atoms with Crippen LogP contribution in [0.5, 0.6) is 5.75 Å². The van der Waals surface area contributed by atoms with E-state index in [4.69, 9.17) is 4.74 Å². The van der Waals surface area contributed by atoms with Gasteiger partial charge in [-0.15, -0.1) is 0 Å². The highest BCUT2D eigenvalue weighted by Crippen LogP contribution is 2.14. The van der Waals surface area contributed by atoms with Gasteiger partial charge in [-0.05, 0) is 42.7 Å². The molecule has 0 aliphatic rings. The normalized spacial score (nSPS) is 11.8. The third-order valence-electron chi connectivity index (χ3n) is 3.15. The fourth-order valence-corrected chi connectivity index (χ4v) is 2.12. The lowest BCUT2D eigenvalue weighted by molar-refractivity contribution is 0.355. The molecule has 0 saturated heterocycles. The third-order valence-corrected chi connectivity index (χ3v) is 3.15. The summed E-state index contributed by atoms with van der Waals surface area (Å²) in [6, 6.07) is 8.12. The smallest absolute Gasteiger partial charge is 0.119 e. The Balaban J connectivity index is 1.94. The molecule has 114 valence electrons. The lowest BCUT2D eigenvalue weighted by Gasteiger charge is -2.08. The number of benzene rings is 1. The Kier molecular flexibility index (Phi) is 5.78. The molecule has 0 aliphatic heterocycles. The molecule has 1 heterocycles. The first-order chi connectivity index (χ1) is 10.7. The summed E-state index contributed by atoms with van der Waals surface area (Å²) in [5, 5.41) is 4.29. The molecule has 2 rings (SSSR count). The van der Waals surface area contributed by atoms with Crippen LogP contribution in [-0.4, -0.2) is 16.4 Å². The minimum atomic E-state index is 0.536. The van der Waals surface area contributed by atoms with Crippen LogP contribution in [0.25, 0.3) is 0 Å². The van der Waals surface area contributed by atoms with E-state index in [0.717, 1.165) is 17.9 Å². The van der Waals surface area contributed by atoms with Gasteiger partial charge in [-0.2, -0.15) is 5.10 Å². The molecule has 0 unspecified atom stereocenters. The van der Waals surface area contributed by atoms with Crippen molar-refractivity contribution < 1.29 is 4.74 Å². The molecule has 3 heteroatoms. The molecular formula is C19H22N2O. The quantitative estimate of drug-likeness (QED) is 0.712. The van der Waals surface area contributed by atoms with Crippen molar-refractivity contribution in [2.75, 3.05) is 6.61 Å². The van der Waals surface area contributed by atoms with E-state index in [9.17, 15) is 0 Å². The SMILES string of the molecule is C=C/C=C(\C=C/C)COc1ccc(Cn2cc(C)cn2)cc1. The lowest BCUT2D eigenvalue weighted by atomic mass is 10.2. The van der Waals surface area contributed by atoms with Gasteiger partial charge >= 0.3 is 0 Å². The molecule has 1 aromatic heterocycles. The third kappa shape index (κ3) is 4.77. The van der Waals surface area contributed by atoms with Gasteiger partial charge in [0.15, 0.2) is 0 Å². The highest BCUT2D eigenvalue weighted by atomic mass is 16.5. The molecule has 0 radical (unpaired) electrons. The number of aromatic nitrogens is 2. The summed E-state index contributed by atoms with van der Waals surface area (Å²) in [6.45, 7) is 9.05. The van der Waals surface area contributed by atoms with Gasteiger partial charge in [-0.3, -0.25) is 4.68 Å². The van der Waals surface area contributed by atoms with Crippen molar-refractivity contribution >= 4 is 0 Å². The van der Waals surface area contributed by atoms with Crippen molar-refractivity contribution in [2.45, 2.75) is 20.4 Å². The summed E-state index contributed by atoms with van der Waals surface area (Å²) >= 11 is 0. The molecule has 0 amide bonds. The molecule has 2 aromatic rings. The second-order valence-corrected chi connectivity index (χ2v) is 5.13. The second kappa shape index (κ2) is 8.03. The summed E-state index contributed by atoms with van der Waals surface area (Å²) in [5.74, 6) is 0.861. The molecule has 0 saturated carbocycles. The summed E-state index contributed by atoms with van der Waals surface area (Å²) in [7, 11) is 0. The highest BCUT2D eigenvalue weighted by molar-refractivity contribution is 5.29. The summed E-state index contributed by atoms with van der Waals surface area (Å²) in [4.78, 5) is 0. The van der Waals surface area contributed by atoms with E-state index in [0.29, 0.717) is 6.61 Å². The monoisotopic (exact) mass is 294 g/mol. The maximum atomic E-state index is 5.79. The van der Waals surface area contributed by atoms with Gasteiger partial charge < -0.3 is 4.74 Å². The molecule has 1 aromatic carbocycles. The van der Waals surface area contributed by atoms with Crippen molar-refractivity contribution in [3.63, 3.8) is 0 Å². The van der Waals surface area contributed by atoms with Crippen molar-refractivity contribution in [3.8, 4) is 5.75 Å². The largest absolute Gasteiger partial charge is 0.489 e. The number of hydrogen-bond acceptors (Lipinski definition) is 2. The van der Waals surface area contributed by atoms with Gasteiger partial charge in [0.1, 0.15) is 12.4 Å². The van der Waals surface area contributed by atoms with Gasteiger partial charge in [-0.25, -0.2) is 0 Å². The number of rotatable bonds is 7. The summed E-state index contributed by atoms with van der Waals surface area (Å²) in [5.41, 5.74) is 3.46. The highest BCUT2D eigenvalue weighted by Gasteiger charge is 1.99. The van der Waals surface area contributed by atoms with Crippen LogP contribution in [0.15, 0.2) is 73.1 Å². The minimum Gasteiger partial charge on any atom is -0.489 e. The lowest BCUT2D eigenvalue weighted by Crippen LogP contribution is -2.01. The zero-order chi connectivity index (χ0) is 15.8. The van der Waals surface area contributed by atoms with Gasteiger partial charge in [0.05, 0.1) is 12.7 Å². The molecule has 0 fully saturated rings. The van der Waals surface area contributed by atoms with Crippen molar-refractivity contribution in [3.05, 3.63) is 84.2 Å². The molecule has 0 N–H and O–H groups in total. The van der Waals surface area contributed by atoms with Crippen molar-refractivity contribution in [2.24, 2.45) is 0 Å². The number of ether oxygens (including phenoxy) is 1. The summed E-state index contributed by atoms with van der Waals surface area (Å²) < 4.78 is 7.73. The van der Waals surface area contributed by atoms with Gasteiger partial charge in [0, 0.05) is 6.20 Å². The standard InChI is InChI=1S/C19H22N2O/c1-4-6-18(7-5-2)15-22-19-10-8-17(9-11-19)14-21-13-16(3)12-20-21/h4-13H,1,14-15H2,2-3H3/b7-5-,18-6+. The van der Waals surface area contributed by atoms with Gasteiger partial charge in [-0.1, -0.05) is 43.0 Å². The molecule has 0 spiro atoms. The second-order valence-electron chi connectivity index (χ2n) is 5.13. The number of allylic oxidation sites excluding steroid dienone is 3. The van der Waals surface area contributed by atoms with Crippen LogP contribution < -0.4 is 4.74 Å². The fraction of sp³-hybridized carbons (Fsp3) is 0.211. The van der Waals surface area contributed by atoms with Crippen LogP contribution in [0.4, 0.5) is 0 Å². The Hall–Kier alpha value is -2.55. The molecule has 22 heavy (non-hydrogen) atoms. The van der Waals surface area contributed by atoms with Crippen LogP contribution in [-0.2, 0) is 6.54 Å². The zero-order valence-corrected chi connectivity index (χ0v) is 13.2. The predicted molar refractivity (Wildman–Crippen MR) is 91.1 cm³/mol. The first kappa shape index (κ1) is 15.8. The van der Waals surface area contributed by atoms with Crippen LogP contribution in [0.1, 0.15) is 18.1 Å². The minimum absolute atomic E-state index is 0.536. The topological polar surface area (TPSA) is 27.1 Å². The Morgan fingerprint density at radius 2 is 2.09 bits per heavy atom. The van der Waals surface area contributed by atoms with Crippen molar-refractivity contribution in [1.82, 2.24) is 9.78 Å². The zero-order valence-electron chi connectivity index (χ0n) is 13.2. The predicted octanol–water partition coefficient (Wildman–Crippen LogP) is 4.31. The maximum absolute atomic E-state index is 5.79. The maximum Gasteiger partial charge on any atom is 0.119 e. The summed E-state index contributed by atoms with van der Waals surface area (Å²) in [6.07, 6.45) is 11.6. The van der Waals surface area contributed by atoms with Crippen LogP contribution in [0.2, 0.25) is 0 Å². The average molecular weight is 294 g/mol. The van der Waals surface area contributed by atoms with E-state index in [1.807, 2.05) is 61.3 Å². The van der Waals surface area contributed by atoms with E-state index in [2.05, 4.69) is 23.8 Å². The van der Waals surface area contributed by atoms with E-state index >= 15 is 0 Å². The molecular weight excluding hydrogens is 272 g/mol. The first-order valence-electron chi connectivity index (χ1n) is 7.36. The number of nitrogens with zero attached hydrogens (tertiary/aromatic N) is 2. The Morgan fingerprint density at radius 3 is 2.68 bits per heavy atom. The van der Waals surface area contributed by atoms with E-state index < -0.39 is 0 Å². The number of aryl methyl sites for hydroxylation is 1. The van der Waals surface area contributed by atoms with Crippen LogP contribution >= 0.6 is 0 Å². The Labute approximate surface area is 132 Å². The molecule has 0 aliphatic carbocycles. The molecule has 0 bridgehead atoms. The Bertz CT molecular complexity index is 663. The van der Waals surface area contributed by atoms with Crippen LogP contribution in [0, 0.1) is 6.92 Å². The van der Waals surface area contributed by atoms with Crippen molar-refractivity contribution in [1.29, 1.82) is 0 Å². The molecule has 0 atom stereocenters. The van der Waals surface area contributed by atoms with E-state index in [1.165, 1.54) is 11.1 Å². The van der Waals surface area contributed by atoms with Gasteiger partial charge in [0.2, 0.25) is 0 Å². The van der Waals surface area contributed by atoms with E-state index in [1.54, 1.807) is 6.08 Å². The molecule has 3 nitrogen and oxygen atoms in total.